The highest BCUT2D eigenvalue weighted by molar-refractivity contribution is 7.89. The number of sulfonamides is 1. The van der Waals surface area contributed by atoms with E-state index in [1.54, 1.807) is 20.9 Å². The van der Waals surface area contributed by atoms with E-state index in [0.717, 1.165) is 0 Å². The second-order valence-electron chi connectivity index (χ2n) is 4.38. The molecule has 0 amide bonds. The molecule has 1 heterocycles. The SMILES string of the molecule is Cc1nn(C)c(C)c1S(=O)(=O)NCC(N)C(C)O. The molecule has 104 valence electrons. The summed E-state index contributed by atoms with van der Waals surface area (Å²) in [5.74, 6) is 0. The number of nitrogens with one attached hydrogen (secondary N) is 1. The van der Waals surface area contributed by atoms with Crippen LogP contribution in [-0.4, -0.2) is 42.0 Å². The fourth-order valence-electron chi connectivity index (χ4n) is 1.59. The molecule has 4 N–H and O–H groups in total. The van der Waals surface area contributed by atoms with Crippen molar-refractivity contribution >= 4 is 10.0 Å². The molecule has 0 bridgehead atoms. The van der Waals surface area contributed by atoms with Gasteiger partial charge in [0.25, 0.3) is 0 Å². The van der Waals surface area contributed by atoms with Crippen molar-refractivity contribution in [1.29, 1.82) is 0 Å². The molecule has 7 nitrogen and oxygen atoms in total. The van der Waals surface area contributed by atoms with Crippen molar-refractivity contribution in [1.82, 2.24) is 14.5 Å². The van der Waals surface area contributed by atoms with Crippen LogP contribution >= 0.6 is 0 Å². The number of nitrogens with two attached hydrogens (primary N) is 1. The van der Waals surface area contributed by atoms with Gasteiger partial charge in [-0.2, -0.15) is 5.10 Å². The van der Waals surface area contributed by atoms with Crippen LogP contribution in [0.25, 0.3) is 0 Å². The number of hydrogen-bond acceptors (Lipinski definition) is 5. The van der Waals surface area contributed by atoms with Gasteiger partial charge in [0.2, 0.25) is 10.0 Å². The molecule has 1 aromatic rings. The molecule has 0 spiro atoms. The van der Waals surface area contributed by atoms with E-state index in [1.807, 2.05) is 0 Å². The largest absolute Gasteiger partial charge is 0.392 e. The predicted octanol–water partition coefficient (Wildman–Crippen LogP) is -0.977. The smallest absolute Gasteiger partial charge is 0.244 e. The van der Waals surface area contributed by atoms with E-state index < -0.39 is 22.2 Å². The molecule has 0 saturated carbocycles. The second kappa shape index (κ2) is 5.35. The highest BCUT2D eigenvalue weighted by Crippen LogP contribution is 2.17. The molecule has 8 heteroatoms. The Morgan fingerprint density at radius 3 is 2.44 bits per heavy atom. The lowest BCUT2D eigenvalue weighted by molar-refractivity contribution is 0.164. The maximum absolute atomic E-state index is 12.1. The van der Waals surface area contributed by atoms with Crippen molar-refractivity contribution in [2.75, 3.05) is 6.54 Å². The summed E-state index contributed by atoms with van der Waals surface area (Å²) >= 11 is 0. The molecular weight excluding hydrogens is 256 g/mol. The van der Waals surface area contributed by atoms with Crippen molar-refractivity contribution in [2.45, 2.75) is 37.8 Å². The van der Waals surface area contributed by atoms with Gasteiger partial charge >= 0.3 is 0 Å². The highest BCUT2D eigenvalue weighted by Gasteiger charge is 2.24. The van der Waals surface area contributed by atoms with Gasteiger partial charge in [-0.3, -0.25) is 4.68 Å². The van der Waals surface area contributed by atoms with Crippen LogP contribution in [0.2, 0.25) is 0 Å². The Hall–Kier alpha value is -0.960. The second-order valence-corrected chi connectivity index (χ2v) is 6.08. The van der Waals surface area contributed by atoms with Gasteiger partial charge in [0, 0.05) is 19.6 Å². The van der Waals surface area contributed by atoms with Crippen molar-refractivity contribution in [3.05, 3.63) is 11.4 Å². The summed E-state index contributed by atoms with van der Waals surface area (Å²) in [7, 11) is -1.97. The summed E-state index contributed by atoms with van der Waals surface area (Å²) in [6.45, 7) is 4.81. The average Bonchev–Trinajstić information content (AvgIpc) is 2.50. The Bertz CT molecular complexity index is 521. The Kier molecular flexibility index (Phi) is 4.49. The van der Waals surface area contributed by atoms with E-state index >= 15 is 0 Å². The van der Waals surface area contributed by atoms with Gasteiger partial charge in [-0.25, -0.2) is 13.1 Å². The van der Waals surface area contributed by atoms with Gasteiger partial charge in [-0.15, -0.1) is 0 Å². The number of aliphatic hydroxyl groups excluding tert-OH is 1. The summed E-state index contributed by atoms with van der Waals surface area (Å²) < 4.78 is 28.1. The van der Waals surface area contributed by atoms with Crippen LogP contribution in [0, 0.1) is 13.8 Å². The molecule has 2 unspecified atom stereocenters. The topological polar surface area (TPSA) is 110 Å². The van der Waals surface area contributed by atoms with E-state index in [9.17, 15) is 13.5 Å². The van der Waals surface area contributed by atoms with E-state index in [4.69, 9.17) is 5.73 Å². The van der Waals surface area contributed by atoms with Crippen LogP contribution in [0.15, 0.2) is 4.90 Å². The third-order valence-electron chi connectivity index (χ3n) is 2.84. The molecule has 2 atom stereocenters. The summed E-state index contributed by atoms with van der Waals surface area (Å²) in [4.78, 5) is 0.169. The Morgan fingerprint density at radius 1 is 1.50 bits per heavy atom. The number of aromatic nitrogens is 2. The molecule has 0 aliphatic rings. The Morgan fingerprint density at radius 2 is 2.06 bits per heavy atom. The number of aliphatic hydroxyl groups is 1. The van der Waals surface area contributed by atoms with Gasteiger partial charge in [0.05, 0.1) is 17.5 Å². The number of aryl methyl sites for hydroxylation is 2. The number of hydrogen-bond donors (Lipinski definition) is 3. The minimum Gasteiger partial charge on any atom is -0.392 e. The van der Waals surface area contributed by atoms with Gasteiger partial charge in [0.15, 0.2) is 0 Å². The molecule has 0 aliphatic heterocycles. The van der Waals surface area contributed by atoms with E-state index in [0.29, 0.717) is 11.4 Å². The van der Waals surface area contributed by atoms with Crippen molar-refractivity contribution < 1.29 is 13.5 Å². The molecule has 18 heavy (non-hydrogen) atoms. The quantitative estimate of drug-likeness (QED) is 0.640. The summed E-state index contributed by atoms with van der Waals surface area (Å²) in [5.41, 5.74) is 6.58. The molecule has 0 radical (unpaired) electrons. The molecule has 1 rings (SSSR count). The van der Waals surface area contributed by atoms with Crippen molar-refractivity contribution in [3.8, 4) is 0 Å². The predicted molar refractivity (Wildman–Crippen MR) is 67.5 cm³/mol. The van der Waals surface area contributed by atoms with Crippen LogP contribution in [-0.2, 0) is 17.1 Å². The van der Waals surface area contributed by atoms with Gasteiger partial charge in [0.1, 0.15) is 4.90 Å². The highest BCUT2D eigenvalue weighted by atomic mass is 32.2. The van der Waals surface area contributed by atoms with Crippen LogP contribution in [0.4, 0.5) is 0 Å². The van der Waals surface area contributed by atoms with E-state index in [-0.39, 0.29) is 11.4 Å². The van der Waals surface area contributed by atoms with Crippen molar-refractivity contribution in [3.63, 3.8) is 0 Å². The van der Waals surface area contributed by atoms with Gasteiger partial charge < -0.3 is 10.8 Å². The number of rotatable bonds is 5. The zero-order valence-corrected chi connectivity index (χ0v) is 11.8. The monoisotopic (exact) mass is 276 g/mol. The summed E-state index contributed by atoms with van der Waals surface area (Å²) in [6.07, 6.45) is -0.774. The normalized spacial score (nSPS) is 15.7. The maximum Gasteiger partial charge on any atom is 0.244 e. The van der Waals surface area contributed by atoms with Gasteiger partial charge in [-0.1, -0.05) is 0 Å². The fraction of sp³-hybridized carbons (Fsp3) is 0.700. The first-order valence-electron chi connectivity index (χ1n) is 5.60. The third-order valence-corrected chi connectivity index (χ3v) is 4.52. The Balaban J connectivity index is 2.94. The number of nitrogens with zero attached hydrogens (tertiary/aromatic N) is 2. The van der Waals surface area contributed by atoms with E-state index in [2.05, 4.69) is 9.82 Å². The zero-order chi connectivity index (χ0) is 14.1. The average molecular weight is 276 g/mol. The molecule has 1 aromatic heterocycles. The van der Waals surface area contributed by atoms with Crippen molar-refractivity contribution in [2.24, 2.45) is 12.8 Å². The summed E-state index contributed by atoms with van der Waals surface area (Å²) in [5, 5.41) is 13.3. The van der Waals surface area contributed by atoms with E-state index in [1.165, 1.54) is 11.6 Å². The lowest BCUT2D eigenvalue weighted by Gasteiger charge is -2.15. The molecule has 0 saturated heterocycles. The molecule has 0 aromatic carbocycles. The fourth-order valence-corrected chi connectivity index (χ4v) is 3.10. The molecule has 0 aliphatic carbocycles. The van der Waals surface area contributed by atoms with Crippen LogP contribution < -0.4 is 10.5 Å². The first kappa shape index (κ1) is 15.1. The zero-order valence-electron chi connectivity index (χ0n) is 11.0. The molecule has 0 fully saturated rings. The van der Waals surface area contributed by atoms with Gasteiger partial charge in [-0.05, 0) is 20.8 Å². The Labute approximate surface area is 107 Å². The minimum absolute atomic E-state index is 0.0201. The third kappa shape index (κ3) is 3.08. The minimum atomic E-state index is -3.65. The van der Waals surface area contributed by atoms with Crippen LogP contribution in [0.3, 0.4) is 0 Å². The molecular formula is C10H20N4O3S. The summed E-state index contributed by atoms with van der Waals surface area (Å²) in [6, 6.07) is -0.642. The lowest BCUT2D eigenvalue weighted by atomic mass is 10.2. The van der Waals surface area contributed by atoms with Crippen LogP contribution in [0.5, 0.6) is 0 Å². The van der Waals surface area contributed by atoms with Crippen LogP contribution in [0.1, 0.15) is 18.3 Å². The standard InChI is InChI=1S/C10H20N4O3S/c1-6-10(7(2)14(4)13-6)18(16,17)12-5-9(11)8(3)15/h8-9,12,15H,5,11H2,1-4H3. The first-order valence-corrected chi connectivity index (χ1v) is 7.08. The maximum atomic E-state index is 12.1. The first-order chi connectivity index (χ1) is 8.16. The lowest BCUT2D eigenvalue weighted by Crippen LogP contribution is -2.43.